The Bertz CT molecular complexity index is 778. The predicted octanol–water partition coefficient (Wildman–Crippen LogP) is 3.02. The molecule has 2 aromatic carbocycles. The van der Waals surface area contributed by atoms with Crippen molar-refractivity contribution in [3.63, 3.8) is 0 Å². The van der Waals surface area contributed by atoms with Gasteiger partial charge in [-0.2, -0.15) is 0 Å². The van der Waals surface area contributed by atoms with Gasteiger partial charge in [0.05, 0.1) is 20.1 Å². The molecule has 0 spiro atoms. The molecule has 0 radical (unpaired) electrons. The first-order valence-corrected chi connectivity index (χ1v) is 8.68. The molecule has 6 nitrogen and oxygen atoms in total. The molecule has 7 heteroatoms. The van der Waals surface area contributed by atoms with Gasteiger partial charge in [0.15, 0.2) is 11.5 Å². The number of carbonyl (C=O) groups is 2. The molecule has 27 heavy (non-hydrogen) atoms. The fourth-order valence-corrected chi connectivity index (χ4v) is 2.29. The second-order valence-electron chi connectivity index (χ2n) is 5.87. The van der Waals surface area contributed by atoms with Crippen LogP contribution in [0, 0.1) is 5.82 Å². The highest BCUT2D eigenvalue weighted by Crippen LogP contribution is 2.28. The first kappa shape index (κ1) is 20.2. The molecule has 2 N–H and O–H groups in total. The lowest BCUT2D eigenvalue weighted by Gasteiger charge is -2.12. The van der Waals surface area contributed by atoms with Crippen LogP contribution >= 0.6 is 0 Å². The molecule has 0 atom stereocenters. The molecule has 0 heterocycles. The standard InChI is InChI=1S/C20H23FN2O4/c1-3-4-11-27-17-10-7-15(13-18(17)26-2)20(25)23-22-19(24)12-14-5-8-16(21)9-6-14/h5-10,13H,3-4,11-12H2,1-2H3,(H,22,24)(H,23,25). The number of nitrogens with one attached hydrogen (secondary N) is 2. The highest BCUT2D eigenvalue weighted by atomic mass is 19.1. The third kappa shape index (κ3) is 6.29. The quantitative estimate of drug-likeness (QED) is 0.550. The zero-order valence-electron chi connectivity index (χ0n) is 15.4. The van der Waals surface area contributed by atoms with Gasteiger partial charge in [-0.3, -0.25) is 20.4 Å². The van der Waals surface area contributed by atoms with Gasteiger partial charge in [0.1, 0.15) is 5.82 Å². The number of amides is 2. The number of halogens is 1. The average Bonchev–Trinajstić information content (AvgIpc) is 2.68. The van der Waals surface area contributed by atoms with E-state index < -0.39 is 11.8 Å². The van der Waals surface area contributed by atoms with Crippen LogP contribution in [0.5, 0.6) is 11.5 Å². The van der Waals surface area contributed by atoms with E-state index >= 15 is 0 Å². The number of hydrogen-bond donors (Lipinski definition) is 2. The lowest BCUT2D eigenvalue weighted by atomic mass is 10.1. The zero-order chi connectivity index (χ0) is 19.6. The first-order chi connectivity index (χ1) is 13.0. The molecule has 0 unspecified atom stereocenters. The van der Waals surface area contributed by atoms with E-state index in [1.807, 2.05) is 0 Å². The Hall–Kier alpha value is -3.09. The minimum absolute atomic E-state index is 0.0219. The summed E-state index contributed by atoms with van der Waals surface area (Å²) in [6.07, 6.45) is 1.96. The van der Waals surface area contributed by atoms with Crippen molar-refractivity contribution in [2.45, 2.75) is 26.2 Å². The van der Waals surface area contributed by atoms with Crippen LogP contribution in [0.25, 0.3) is 0 Å². The molecule has 2 amide bonds. The maximum Gasteiger partial charge on any atom is 0.269 e. The van der Waals surface area contributed by atoms with Crippen molar-refractivity contribution >= 4 is 11.8 Å². The van der Waals surface area contributed by atoms with Gasteiger partial charge in [-0.15, -0.1) is 0 Å². The van der Waals surface area contributed by atoms with Gasteiger partial charge in [0.2, 0.25) is 5.91 Å². The highest BCUT2D eigenvalue weighted by molar-refractivity contribution is 5.96. The Morgan fingerprint density at radius 1 is 1.04 bits per heavy atom. The van der Waals surface area contributed by atoms with Crippen LogP contribution in [0.4, 0.5) is 4.39 Å². The minimum atomic E-state index is -0.485. The molecule has 0 saturated heterocycles. The fourth-order valence-electron chi connectivity index (χ4n) is 2.29. The number of hydrazine groups is 1. The Morgan fingerprint density at radius 3 is 2.44 bits per heavy atom. The summed E-state index contributed by atoms with van der Waals surface area (Å²) in [7, 11) is 1.49. The smallest absolute Gasteiger partial charge is 0.269 e. The Morgan fingerprint density at radius 2 is 1.78 bits per heavy atom. The van der Waals surface area contributed by atoms with Crippen molar-refractivity contribution in [1.29, 1.82) is 0 Å². The molecule has 0 saturated carbocycles. The summed E-state index contributed by atoms with van der Waals surface area (Å²) >= 11 is 0. The summed E-state index contributed by atoms with van der Waals surface area (Å²) in [5, 5.41) is 0. The molecule has 0 bridgehead atoms. The van der Waals surface area contributed by atoms with E-state index in [9.17, 15) is 14.0 Å². The number of rotatable bonds is 8. The van der Waals surface area contributed by atoms with Crippen LogP contribution in [-0.4, -0.2) is 25.5 Å². The van der Waals surface area contributed by atoms with Crippen LogP contribution in [-0.2, 0) is 11.2 Å². The Balaban J connectivity index is 1.90. The van der Waals surface area contributed by atoms with Crippen molar-refractivity contribution in [2.24, 2.45) is 0 Å². The number of ether oxygens (including phenoxy) is 2. The number of benzene rings is 2. The van der Waals surface area contributed by atoms with Crippen LogP contribution in [0.1, 0.15) is 35.7 Å². The maximum absolute atomic E-state index is 12.9. The van der Waals surface area contributed by atoms with Crippen molar-refractivity contribution in [3.05, 3.63) is 59.4 Å². The van der Waals surface area contributed by atoms with Crippen molar-refractivity contribution in [3.8, 4) is 11.5 Å². The molecule has 0 aliphatic rings. The molecular formula is C20H23FN2O4. The van der Waals surface area contributed by atoms with Gasteiger partial charge >= 0.3 is 0 Å². The number of unbranched alkanes of at least 4 members (excludes halogenated alkanes) is 1. The Kier molecular flexibility index (Phi) is 7.61. The van der Waals surface area contributed by atoms with Crippen LogP contribution < -0.4 is 20.3 Å². The molecule has 0 fully saturated rings. The average molecular weight is 374 g/mol. The first-order valence-electron chi connectivity index (χ1n) is 8.68. The maximum atomic E-state index is 12.9. The van der Waals surface area contributed by atoms with Gasteiger partial charge in [0.25, 0.3) is 5.91 Å². The van der Waals surface area contributed by atoms with E-state index in [0.717, 1.165) is 12.8 Å². The molecule has 0 aliphatic heterocycles. The van der Waals surface area contributed by atoms with Gasteiger partial charge in [-0.05, 0) is 42.3 Å². The minimum Gasteiger partial charge on any atom is -0.493 e. The normalized spacial score (nSPS) is 10.2. The van der Waals surface area contributed by atoms with E-state index in [0.29, 0.717) is 29.2 Å². The van der Waals surface area contributed by atoms with Gasteiger partial charge in [-0.1, -0.05) is 25.5 Å². The third-order valence-corrected chi connectivity index (χ3v) is 3.77. The van der Waals surface area contributed by atoms with Crippen LogP contribution in [0.3, 0.4) is 0 Å². The summed E-state index contributed by atoms with van der Waals surface area (Å²) < 4.78 is 23.7. The number of hydrogen-bond acceptors (Lipinski definition) is 4. The van der Waals surface area contributed by atoms with Crippen LogP contribution in [0.2, 0.25) is 0 Å². The molecular weight excluding hydrogens is 351 g/mol. The van der Waals surface area contributed by atoms with E-state index in [1.165, 1.54) is 31.4 Å². The summed E-state index contributed by atoms with van der Waals surface area (Å²) in [6.45, 7) is 2.64. The van der Waals surface area contributed by atoms with E-state index in [1.54, 1.807) is 18.2 Å². The van der Waals surface area contributed by atoms with E-state index in [2.05, 4.69) is 17.8 Å². The number of methoxy groups -OCH3 is 1. The molecule has 2 rings (SSSR count). The third-order valence-electron chi connectivity index (χ3n) is 3.77. The van der Waals surface area contributed by atoms with Gasteiger partial charge in [-0.25, -0.2) is 4.39 Å². The monoisotopic (exact) mass is 374 g/mol. The van der Waals surface area contributed by atoms with Crippen LogP contribution in [0.15, 0.2) is 42.5 Å². The molecule has 0 aromatic heterocycles. The summed E-state index contributed by atoms with van der Waals surface area (Å²) in [6, 6.07) is 10.4. The molecule has 144 valence electrons. The second kappa shape index (κ2) is 10.2. The highest BCUT2D eigenvalue weighted by Gasteiger charge is 2.12. The van der Waals surface area contributed by atoms with Crippen molar-refractivity contribution in [2.75, 3.05) is 13.7 Å². The SMILES string of the molecule is CCCCOc1ccc(C(=O)NNC(=O)Cc2ccc(F)cc2)cc1OC. The van der Waals surface area contributed by atoms with E-state index in [-0.39, 0.29) is 12.2 Å². The largest absolute Gasteiger partial charge is 0.493 e. The summed E-state index contributed by atoms with van der Waals surface area (Å²) in [5.74, 6) is -0.273. The topological polar surface area (TPSA) is 76.7 Å². The van der Waals surface area contributed by atoms with E-state index in [4.69, 9.17) is 9.47 Å². The summed E-state index contributed by atoms with van der Waals surface area (Å²) in [5.41, 5.74) is 5.63. The summed E-state index contributed by atoms with van der Waals surface area (Å²) in [4.78, 5) is 24.1. The van der Waals surface area contributed by atoms with Gasteiger partial charge < -0.3 is 9.47 Å². The lowest BCUT2D eigenvalue weighted by Crippen LogP contribution is -2.42. The molecule has 2 aromatic rings. The predicted molar refractivity (Wildman–Crippen MR) is 99.1 cm³/mol. The fraction of sp³-hybridized carbons (Fsp3) is 0.300. The van der Waals surface area contributed by atoms with Crippen molar-refractivity contribution < 1.29 is 23.5 Å². The number of carbonyl (C=O) groups excluding carboxylic acids is 2. The Labute approximate surface area is 157 Å². The second-order valence-corrected chi connectivity index (χ2v) is 5.87. The van der Waals surface area contributed by atoms with Gasteiger partial charge in [0, 0.05) is 5.56 Å². The van der Waals surface area contributed by atoms with Crippen molar-refractivity contribution in [1.82, 2.24) is 10.9 Å². The molecule has 0 aliphatic carbocycles. The lowest BCUT2D eigenvalue weighted by molar-refractivity contribution is -0.121. The zero-order valence-corrected chi connectivity index (χ0v) is 15.4.